The first-order chi connectivity index (χ1) is 8.14. The lowest BCUT2D eigenvalue weighted by Gasteiger charge is -2.04. The Morgan fingerprint density at radius 1 is 1.18 bits per heavy atom. The van der Waals surface area contributed by atoms with E-state index in [0.29, 0.717) is 18.8 Å². The highest BCUT2D eigenvalue weighted by atomic mass is 35.5. The molecule has 0 amide bonds. The van der Waals surface area contributed by atoms with Gasteiger partial charge in [-0.05, 0) is 12.0 Å². The van der Waals surface area contributed by atoms with Crippen LogP contribution in [0.5, 0.6) is 0 Å². The molecule has 1 N–H and O–H groups in total. The second-order valence-electron chi connectivity index (χ2n) is 3.53. The molecule has 0 heterocycles. The first-order valence-electron chi connectivity index (χ1n) is 5.36. The van der Waals surface area contributed by atoms with E-state index in [2.05, 4.69) is 4.72 Å². The number of nitrogens with one attached hydrogen (secondary N) is 1. The van der Waals surface area contributed by atoms with Crippen LogP contribution in [0.25, 0.3) is 0 Å². The van der Waals surface area contributed by atoms with Gasteiger partial charge in [-0.1, -0.05) is 42.5 Å². The molecule has 17 heavy (non-hydrogen) atoms. The van der Waals surface area contributed by atoms with Crippen molar-refractivity contribution >= 4 is 21.6 Å². The average Bonchev–Trinajstić information content (AvgIpc) is 2.34. The molecule has 0 aromatic heterocycles. The van der Waals surface area contributed by atoms with Gasteiger partial charge in [-0.3, -0.25) is 0 Å². The molecule has 0 atom stereocenters. The molecular formula is C12H16ClNO2S. The summed E-state index contributed by atoms with van der Waals surface area (Å²) in [6.45, 7) is 0.295. The Morgan fingerprint density at radius 2 is 1.88 bits per heavy atom. The summed E-state index contributed by atoms with van der Waals surface area (Å²) in [6.07, 6.45) is 3.93. The van der Waals surface area contributed by atoms with Crippen LogP contribution < -0.4 is 4.72 Å². The van der Waals surface area contributed by atoms with Crippen molar-refractivity contribution in [2.24, 2.45) is 0 Å². The van der Waals surface area contributed by atoms with E-state index in [1.807, 2.05) is 30.3 Å². The minimum absolute atomic E-state index is 0.103. The number of hydrogen-bond donors (Lipinski definition) is 1. The van der Waals surface area contributed by atoms with E-state index in [-0.39, 0.29) is 5.75 Å². The Hall–Kier alpha value is -0.840. The lowest BCUT2D eigenvalue weighted by Crippen LogP contribution is -2.27. The molecule has 0 fully saturated rings. The smallest absolute Gasteiger partial charge is 0.212 e. The third-order valence-corrected chi connectivity index (χ3v) is 3.71. The van der Waals surface area contributed by atoms with Gasteiger partial charge in [0.15, 0.2) is 0 Å². The van der Waals surface area contributed by atoms with E-state index in [9.17, 15) is 8.42 Å². The van der Waals surface area contributed by atoms with Crippen molar-refractivity contribution in [2.75, 3.05) is 18.2 Å². The molecule has 0 unspecified atom stereocenters. The predicted octanol–water partition coefficient (Wildman–Crippen LogP) is 1.94. The fourth-order valence-corrected chi connectivity index (χ4v) is 2.42. The monoisotopic (exact) mass is 273 g/mol. The number of alkyl halides is 1. The molecule has 0 aliphatic heterocycles. The molecule has 0 saturated heterocycles. The van der Waals surface area contributed by atoms with Crippen LogP contribution in [0.15, 0.2) is 42.5 Å². The lowest BCUT2D eigenvalue weighted by atomic mass is 10.2. The fraction of sp³-hybridized carbons (Fsp3) is 0.333. The molecular weight excluding hydrogens is 258 g/mol. The van der Waals surface area contributed by atoms with Crippen molar-refractivity contribution in [3.05, 3.63) is 48.0 Å². The number of aryl methyl sites for hydroxylation is 1. The van der Waals surface area contributed by atoms with E-state index >= 15 is 0 Å². The minimum Gasteiger partial charge on any atom is -0.212 e. The van der Waals surface area contributed by atoms with E-state index < -0.39 is 10.0 Å². The first kappa shape index (κ1) is 14.2. The molecule has 1 aromatic rings. The topological polar surface area (TPSA) is 46.2 Å². The second kappa shape index (κ2) is 7.48. The Kier molecular flexibility index (Phi) is 6.26. The minimum atomic E-state index is -3.20. The maximum atomic E-state index is 11.6. The standard InChI is InChI=1S/C12H16ClNO2S/c13-9-4-5-10-14-17(15,16)11-8-12-6-2-1-3-7-12/h1-7,14H,8-11H2/b5-4+. The van der Waals surface area contributed by atoms with Gasteiger partial charge in [-0.25, -0.2) is 13.1 Å². The molecule has 0 aliphatic carbocycles. The van der Waals surface area contributed by atoms with Gasteiger partial charge >= 0.3 is 0 Å². The number of rotatable bonds is 7. The van der Waals surface area contributed by atoms with Gasteiger partial charge in [0, 0.05) is 12.4 Å². The van der Waals surface area contributed by atoms with Crippen molar-refractivity contribution in [2.45, 2.75) is 6.42 Å². The SMILES string of the molecule is O=S(=O)(CCc1ccccc1)NC/C=C/CCl. The molecule has 0 spiro atoms. The maximum absolute atomic E-state index is 11.6. The Morgan fingerprint density at radius 3 is 2.53 bits per heavy atom. The highest BCUT2D eigenvalue weighted by molar-refractivity contribution is 7.89. The summed E-state index contributed by atoms with van der Waals surface area (Å²) in [4.78, 5) is 0. The Bertz CT molecular complexity index is 443. The van der Waals surface area contributed by atoms with Crippen molar-refractivity contribution in [3.8, 4) is 0 Å². The zero-order chi connectivity index (χ0) is 12.6. The van der Waals surface area contributed by atoms with Gasteiger partial charge < -0.3 is 0 Å². The molecule has 1 rings (SSSR count). The highest BCUT2D eigenvalue weighted by Crippen LogP contribution is 2.01. The van der Waals surface area contributed by atoms with E-state index in [1.54, 1.807) is 12.2 Å². The molecule has 0 saturated carbocycles. The number of hydrogen-bond acceptors (Lipinski definition) is 2. The summed E-state index contributed by atoms with van der Waals surface area (Å²) in [6, 6.07) is 9.55. The van der Waals surface area contributed by atoms with Crippen LogP contribution >= 0.6 is 11.6 Å². The lowest BCUT2D eigenvalue weighted by molar-refractivity contribution is 0.585. The summed E-state index contributed by atoms with van der Waals surface area (Å²) in [7, 11) is -3.20. The normalized spacial score (nSPS) is 12.1. The summed E-state index contributed by atoms with van der Waals surface area (Å²) >= 11 is 5.43. The van der Waals surface area contributed by atoms with Gasteiger partial charge in [-0.15, -0.1) is 11.6 Å². The summed E-state index contributed by atoms with van der Waals surface area (Å²) in [5.41, 5.74) is 1.02. The van der Waals surface area contributed by atoms with Crippen LogP contribution in [-0.4, -0.2) is 26.6 Å². The van der Waals surface area contributed by atoms with Crippen molar-refractivity contribution in [1.82, 2.24) is 4.72 Å². The molecule has 94 valence electrons. The van der Waals surface area contributed by atoms with Crippen molar-refractivity contribution in [3.63, 3.8) is 0 Å². The third-order valence-electron chi connectivity index (χ3n) is 2.18. The maximum Gasteiger partial charge on any atom is 0.212 e. The van der Waals surface area contributed by atoms with Crippen LogP contribution in [0.1, 0.15) is 5.56 Å². The number of halogens is 1. The summed E-state index contributed by atoms with van der Waals surface area (Å²) in [5.74, 6) is 0.497. The van der Waals surface area contributed by atoms with Gasteiger partial charge in [0.2, 0.25) is 10.0 Å². The zero-order valence-electron chi connectivity index (χ0n) is 9.47. The van der Waals surface area contributed by atoms with Gasteiger partial charge in [0.05, 0.1) is 5.75 Å². The van der Waals surface area contributed by atoms with Crippen LogP contribution in [0.2, 0.25) is 0 Å². The molecule has 0 bridgehead atoms. The van der Waals surface area contributed by atoms with Crippen LogP contribution in [0.4, 0.5) is 0 Å². The second-order valence-corrected chi connectivity index (χ2v) is 5.76. The van der Waals surface area contributed by atoms with Gasteiger partial charge in [-0.2, -0.15) is 0 Å². The van der Waals surface area contributed by atoms with Crippen LogP contribution in [0, 0.1) is 0 Å². The fourth-order valence-electron chi connectivity index (χ4n) is 1.29. The van der Waals surface area contributed by atoms with Crippen LogP contribution in [-0.2, 0) is 16.4 Å². The third kappa shape index (κ3) is 6.46. The zero-order valence-corrected chi connectivity index (χ0v) is 11.0. The molecule has 0 aliphatic rings. The van der Waals surface area contributed by atoms with Gasteiger partial charge in [0.25, 0.3) is 0 Å². The molecule has 3 nitrogen and oxygen atoms in total. The van der Waals surface area contributed by atoms with E-state index in [1.165, 1.54) is 0 Å². The predicted molar refractivity (Wildman–Crippen MR) is 71.8 cm³/mol. The number of allylic oxidation sites excluding steroid dienone is 1. The Balaban J connectivity index is 2.37. The summed E-state index contributed by atoms with van der Waals surface area (Å²) in [5, 5.41) is 0. The average molecular weight is 274 g/mol. The van der Waals surface area contributed by atoms with Gasteiger partial charge in [0.1, 0.15) is 0 Å². The number of sulfonamides is 1. The van der Waals surface area contributed by atoms with Crippen molar-refractivity contribution in [1.29, 1.82) is 0 Å². The Labute approximate surface area is 108 Å². The summed E-state index contributed by atoms with van der Waals surface area (Å²) < 4.78 is 25.7. The quantitative estimate of drug-likeness (QED) is 0.610. The van der Waals surface area contributed by atoms with Crippen molar-refractivity contribution < 1.29 is 8.42 Å². The first-order valence-corrected chi connectivity index (χ1v) is 7.55. The number of benzene rings is 1. The van der Waals surface area contributed by atoms with E-state index in [4.69, 9.17) is 11.6 Å². The molecule has 0 radical (unpaired) electrons. The largest absolute Gasteiger partial charge is 0.212 e. The molecule has 1 aromatic carbocycles. The van der Waals surface area contributed by atoms with Crippen LogP contribution in [0.3, 0.4) is 0 Å². The van der Waals surface area contributed by atoms with E-state index in [0.717, 1.165) is 5.56 Å². The highest BCUT2D eigenvalue weighted by Gasteiger charge is 2.08. The molecule has 5 heteroatoms.